The van der Waals surface area contributed by atoms with Gasteiger partial charge in [-0.2, -0.15) is 13.2 Å². The highest BCUT2D eigenvalue weighted by atomic mass is 19.4. The molecule has 2 aromatic heterocycles. The molecule has 2 aromatic carbocycles. The summed E-state index contributed by atoms with van der Waals surface area (Å²) in [7, 11) is 1.19. The lowest BCUT2D eigenvalue weighted by Crippen LogP contribution is -2.40. The Kier molecular flexibility index (Phi) is 6.67. The Hall–Kier alpha value is -4.41. The first-order chi connectivity index (χ1) is 16.8. The number of benzene rings is 2. The van der Waals surface area contributed by atoms with Gasteiger partial charge in [-0.3, -0.25) is 10.1 Å². The van der Waals surface area contributed by atoms with Gasteiger partial charge in [-0.05, 0) is 29.8 Å². The number of aromatic nitrogens is 2. The maximum Gasteiger partial charge on any atom is 0.471 e. The van der Waals surface area contributed by atoms with Crippen molar-refractivity contribution in [2.24, 2.45) is 0 Å². The fraction of sp³-hybridized carbons (Fsp3) is 0.167. The molecule has 4 rings (SSSR count). The van der Waals surface area contributed by atoms with Crippen LogP contribution in [0.3, 0.4) is 0 Å². The van der Waals surface area contributed by atoms with E-state index in [-0.39, 0.29) is 12.2 Å². The van der Waals surface area contributed by atoms with Crippen LogP contribution < -0.4 is 10.6 Å². The van der Waals surface area contributed by atoms with Crippen molar-refractivity contribution in [3.63, 3.8) is 0 Å². The third-order valence-corrected chi connectivity index (χ3v) is 5.17. The number of carbonyl (C=O) groups is 2. The van der Waals surface area contributed by atoms with Crippen molar-refractivity contribution in [3.05, 3.63) is 78.0 Å². The normalized spacial score (nSPS) is 12.2. The summed E-state index contributed by atoms with van der Waals surface area (Å²) >= 11 is 0. The first-order valence-corrected chi connectivity index (χ1v) is 10.4. The number of alkyl halides is 3. The van der Waals surface area contributed by atoms with Crippen LogP contribution in [0.1, 0.15) is 17.3 Å². The molecule has 0 saturated carbocycles. The highest BCUT2D eigenvalue weighted by molar-refractivity contribution is 5.92. The number of pyridine rings is 1. The molecule has 11 heteroatoms. The predicted molar refractivity (Wildman–Crippen MR) is 120 cm³/mol. The molecule has 35 heavy (non-hydrogen) atoms. The molecular formula is C24H19F3N4O4. The number of nitrogens with zero attached hydrogens (tertiary/aromatic N) is 2. The molecule has 2 heterocycles. The van der Waals surface area contributed by atoms with E-state index in [4.69, 9.17) is 4.52 Å². The first kappa shape index (κ1) is 23.7. The van der Waals surface area contributed by atoms with Gasteiger partial charge in [0.2, 0.25) is 0 Å². The summed E-state index contributed by atoms with van der Waals surface area (Å²) in [6.45, 7) is 0. The average molecular weight is 484 g/mol. The van der Waals surface area contributed by atoms with Crippen LogP contribution in [-0.4, -0.2) is 35.4 Å². The molecule has 2 N–H and O–H groups in total. The summed E-state index contributed by atoms with van der Waals surface area (Å²) < 4.78 is 49.4. The number of methoxy groups -OCH3 is 1. The number of para-hydroxylation sites is 1. The summed E-state index contributed by atoms with van der Waals surface area (Å²) in [5.41, 5.74) is 2.14. The van der Waals surface area contributed by atoms with Crippen LogP contribution in [0.2, 0.25) is 0 Å². The number of hydrogen-bond acceptors (Lipinski definition) is 6. The topological polar surface area (TPSA) is 106 Å². The Balaban J connectivity index is 1.75. The molecule has 0 unspecified atom stereocenters. The standard InChI is InChI=1S/C24H19F3N4O4/c1-34-23(33)30-20-12-6-7-14(28-20)13-18(29-22(32)24(25,26)27)15-8-2-3-9-16(15)21-17-10-4-5-11-19(17)35-31-21/h2-12,18H,13H2,1H3,(H,29,32)(H,28,30,33)/t18-/m0/s1. The highest BCUT2D eigenvalue weighted by Crippen LogP contribution is 2.34. The number of ether oxygens (including phenoxy) is 1. The van der Waals surface area contributed by atoms with Crippen molar-refractivity contribution >= 4 is 28.8 Å². The van der Waals surface area contributed by atoms with E-state index < -0.39 is 24.2 Å². The first-order valence-electron chi connectivity index (χ1n) is 10.4. The Labute approximate surface area is 197 Å². The number of amides is 2. The fourth-order valence-electron chi connectivity index (χ4n) is 3.60. The lowest BCUT2D eigenvalue weighted by Gasteiger charge is -2.22. The molecule has 0 spiro atoms. The summed E-state index contributed by atoms with van der Waals surface area (Å²) in [5, 5.41) is 9.25. The second-order valence-electron chi connectivity index (χ2n) is 7.47. The van der Waals surface area contributed by atoms with Gasteiger partial charge in [0.25, 0.3) is 0 Å². The Morgan fingerprint density at radius 2 is 1.77 bits per heavy atom. The number of halogens is 3. The zero-order chi connectivity index (χ0) is 25.0. The number of nitrogens with one attached hydrogen (secondary N) is 2. The molecule has 1 atom stereocenters. The van der Waals surface area contributed by atoms with Crippen LogP contribution >= 0.6 is 0 Å². The lowest BCUT2D eigenvalue weighted by atomic mass is 9.93. The molecule has 180 valence electrons. The highest BCUT2D eigenvalue weighted by Gasteiger charge is 2.40. The van der Waals surface area contributed by atoms with E-state index in [1.807, 2.05) is 0 Å². The Morgan fingerprint density at radius 3 is 2.54 bits per heavy atom. The van der Waals surface area contributed by atoms with Gasteiger partial charge in [0.05, 0.1) is 13.2 Å². The molecule has 0 bridgehead atoms. The van der Waals surface area contributed by atoms with Crippen LogP contribution in [0.5, 0.6) is 0 Å². The monoisotopic (exact) mass is 484 g/mol. The maximum absolute atomic E-state index is 13.2. The third-order valence-electron chi connectivity index (χ3n) is 5.17. The second kappa shape index (κ2) is 9.84. The zero-order valence-corrected chi connectivity index (χ0v) is 18.3. The van der Waals surface area contributed by atoms with Gasteiger partial charge >= 0.3 is 18.2 Å². The van der Waals surface area contributed by atoms with E-state index in [1.54, 1.807) is 60.7 Å². The molecule has 0 fully saturated rings. The molecule has 8 nitrogen and oxygen atoms in total. The number of hydrogen-bond donors (Lipinski definition) is 2. The van der Waals surface area contributed by atoms with E-state index in [9.17, 15) is 22.8 Å². The SMILES string of the molecule is COC(=O)Nc1cccc(C[C@H](NC(=O)C(F)(F)F)c2ccccc2-c2noc3ccccc23)n1. The summed E-state index contributed by atoms with van der Waals surface area (Å²) in [6, 6.07) is 17.2. The zero-order valence-electron chi connectivity index (χ0n) is 18.3. The molecule has 2 amide bonds. The third kappa shape index (κ3) is 5.40. The van der Waals surface area contributed by atoms with E-state index in [0.717, 1.165) is 0 Å². The molecule has 0 aliphatic rings. The molecule has 0 saturated heterocycles. The molecule has 0 radical (unpaired) electrons. The van der Waals surface area contributed by atoms with Crippen LogP contribution in [0, 0.1) is 0 Å². The van der Waals surface area contributed by atoms with E-state index in [2.05, 4.69) is 25.5 Å². The van der Waals surface area contributed by atoms with E-state index >= 15 is 0 Å². The Morgan fingerprint density at radius 1 is 1.03 bits per heavy atom. The quantitative estimate of drug-likeness (QED) is 0.398. The minimum atomic E-state index is -5.09. The van der Waals surface area contributed by atoms with Crippen molar-refractivity contribution in [1.82, 2.24) is 15.5 Å². The minimum Gasteiger partial charge on any atom is -0.453 e. The van der Waals surface area contributed by atoms with Crippen molar-refractivity contribution in [1.29, 1.82) is 0 Å². The summed E-state index contributed by atoms with van der Waals surface area (Å²) in [5.74, 6) is -1.95. The van der Waals surface area contributed by atoms with Gasteiger partial charge in [0, 0.05) is 23.1 Å². The summed E-state index contributed by atoms with van der Waals surface area (Å²) in [6.07, 6.45) is -5.94. The van der Waals surface area contributed by atoms with Crippen LogP contribution in [0.25, 0.3) is 22.2 Å². The fourth-order valence-corrected chi connectivity index (χ4v) is 3.60. The molecule has 0 aliphatic heterocycles. The van der Waals surface area contributed by atoms with Gasteiger partial charge in [-0.25, -0.2) is 9.78 Å². The average Bonchev–Trinajstić information content (AvgIpc) is 3.27. The van der Waals surface area contributed by atoms with Crippen LogP contribution in [0.15, 0.2) is 71.3 Å². The van der Waals surface area contributed by atoms with Gasteiger partial charge < -0.3 is 14.6 Å². The lowest BCUT2D eigenvalue weighted by molar-refractivity contribution is -0.174. The number of carbonyl (C=O) groups excluding carboxylic acids is 2. The molecule has 0 aliphatic carbocycles. The smallest absolute Gasteiger partial charge is 0.453 e. The van der Waals surface area contributed by atoms with Gasteiger partial charge in [-0.15, -0.1) is 0 Å². The second-order valence-corrected chi connectivity index (χ2v) is 7.47. The van der Waals surface area contributed by atoms with E-state index in [1.165, 1.54) is 13.2 Å². The predicted octanol–water partition coefficient (Wildman–Crippen LogP) is 5.03. The summed E-state index contributed by atoms with van der Waals surface area (Å²) in [4.78, 5) is 27.7. The van der Waals surface area contributed by atoms with Crippen molar-refractivity contribution in [3.8, 4) is 11.3 Å². The molecular weight excluding hydrogens is 465 g/mol. The Bertz CT molecular complexity index is 1370. The van der Waals surface area contributed by atoms with Crippen molar-refractivity contribution in [2.75, 3.05) is 12.4 Å². The van der Waals surface area contributed by atoms with E-state index in [0.29, 0.717) is 33.5 Å². The van der Waals surface area contributed by atoms with Gasteiger partial charge in [0.15, 0.2) is 5.58 Å². The number of fused-ring (bicyclic) bond motifs is 1. The van der Waals surface area contributed by atoms with Crippen LogP contribution in [0.4, 0.5) is 23.8 Å². The number of anilines is 1. The van der Waals surface area contributed by atoms with Crippen molar-refractivity contribution in [2.45, 2.75) is 18.6 Å². The van der Waals surface area contributed by atoms with Crippen LogP contribution in [-0.2, 0) is 16.0 Å². The maximum atomic E-state index is 13.2. The largest absolute Gasteiger partial charge is 0.471 e. The van der Waals surface area contributed by atoms with Crippen molar-refractivity contribution < 1.29 is 32.0 Å². The minimum absolute atomic E-state index is 0.106. The number of rotatable bonds is 6. The van der Waals surface area contributed by atoms with Gasteiger partial charge in [-0.1, -0.05) is 47.6 Å². The molecule has 4 aromatic rings. The van der Waals surface area contributed by atoms with Gasteiger partial charge in [0.1, 0.15) is 11.5 Å².